The highest BCUT2D eigenvalue weighted by Gasteiger charge is 2.13. The van der Waals surface area contributed by atoms with Crippen molar-refractivity contribution in [1.82, 2.24) is 14.9 Å². The Kier molecular flexibility index (Phi) is 7.07. The van der Waals surface area contributed by atoms with Gasteiger partial charge in [-0.25, -0.2) is 9.78 Å². The maximum atomic E-state index is 12.0. The van der Waals surface area contributed by atoms with Crippen molar-refractivity contribution in [3.05, 3.63) is 53.3 Å². The van der Waals surface area contributed by atoms with Crippen molar-refractivity contribution in [3.63, 3.8) is 0 Å². The van der Waals surface area contributed by atoms with E-state index in [9.17, 15) is 4.79 Å². The molecule has 0 radical (unpaired) electrons. The Bertz CT molecular complexity index is 1100. The van der Waals surface area contributed by atoms with E-state index in [4.69, 9.17) is 14.2 Å². The first-order valence-electron chi connectivity index (χ1n) is 11.0. The number of H-pyrrole nitrogens is 1. The molecule has 1 aromatic heterocycles. The second-order valence-corrected chi connectivity index (χ2v) is 7.81. The fourth-order valence-electron chi connectivity index (χ4n) is 3.96. The van der Waals surface area contributed by atoms with Gasteiger partial charge >= 0.3 is 5.97 Å². The predicted octanol–water partition coefficient (Wildman–Crippen LogP) is 4.39. The SMILES string of the molecule is COC(=O)c1cccc2[nH]c(C=Cc3ccc(OC)c(OCCN4CCCCC4)c3)nc12. The van der Waals surface area contributed by atoms with Crippen molar-refractivity contribution in [2.75, 3.05) is 40.5 Å². The molecule has 4 rings (SSSR count). The zero-order valence-corrected chi connectivity index (χ0v) is 18.6. The number of nitrogens with one attached hydrogen (secondary N) is 1. The van der Waals surface area contributed by atoms with Gasteiger partial charge in [-0.15, -0.1) is 0 Å². The molecule has 1 aliphatic rings. The molecule has 2 aromatic carbocycles. The number of benzene rings is 2. The Morgan fingerprint density at radius 2 is 1.94 bits per heavy atom. The van der Waals surface area contributed by atoms with Crippen LogP contribution in [-0.2, 0) is 4.74 Å². The molecule has 0 spiro atoms. The van der Waals surface area contributed by atoms with Gasteiger partial charge in [0, 0.05) is 6.54 Å². The lowest BCUT2D eigenvalue weighted by Crippen LogP contribution is -2.33. The Labute approximate surface area is 188 Å². The summed E-state index contributed by atoms with van der Waals surface area (Å²) in [4.78, 5) is 22.2. The summed E-state index contributed by atoms with van der Waals surface area (Å²) < 4.78 is 16.4. The number of methoxy groups -OCH3 is 2. The van der Waals surface area contributed by atoms with E-state index in [2.05, 4.69) is 14.9 Å². The van der Waals surface area contributed by atoms with Crippen LogP contribution in [0.3, 0.4) is 0 Å². The Balaban J connectivity index is 1.47. The summed E-state index contributed by atoms with van der Waals surface area (Å²) in [5.41, 5.74) is 2.78. The van der Waals surface area contributed by atoms with Crippen molar-refractivity contribution < 1.29 is 19.0 Å². The van der Waals surface area contributed by atoms with Gasteiger partial charge in [0.2, 0.25) is 0 Å². The molecule has 0 atom stereocenters. The molecule has 0 amide bonds. The van der Waals surface area contributed by atoms with Crippen molar-refractivity contribution >= 4 is 29.2 Å². The molecule has 1 N–H and O–H groups in total. The van der Waals surface area contributed by atoms with Crippen LogP contribution in [0.1, 0.15) is 41.0 Å². The molecule has 7 nitrogen and oxygen atoms in total. The molecule has 32 heavy (non-hydrogen) atoms. The van der Waals surface area contributed by atoms with Crippen LogP contribution >= 0.6 is 0 Å². The second kappa shape index (κ2) is 10.3. The van der Waals surface area contributed by atoms with Crippen molar-refractivity contribution in [3.8, 4) is 11.5 Å². The summed E-state index contributed by atoms with van der Waals surface area (Å²) in [7, 11) is 3.01. The van der Waals surface area contributed by atoms with E-state index >= 15 is 0 Å². The third-order valence-corrected chi connectivity index (χ3v) is 5.67. The van der Waals surface area contributed by atoms with Gasteiger partial charge in [-0.3, -0.25) is 4.90 Å². The Morgan fingerprint density at radius 1 is 1.09 bits per heavy atom. The molecule has 1 saturated heterocycles. The topological polar surface area (TPSA) is 76.7 Å². The number of imidazole rings is 1. The number of likely N-dealkylation sites (tertiary alicyclic amines) is 1. The van der Waals surface area contributed by atoms with E-state index in [-0.39, 0.29) is 0 Å². The summed E-state index contributed by atoms with van der Waals surface area (Å²) in [5.74, 6) is 1.69. The Hall–Kier alpha value is -3.32. The molecule has 0 bridgehead atoms. The van der Waals surface area contributed by atoms with E-state index in [1.807, 2.05) is 36.4 Å². The minimum Gasteiger partial charge on any atom is -0.493 e. The maximum Gasteiger partial charge on any atom is 0.340 e. The molecule has 7 heteroatoms. The smallest absolute Gasteiger partial charge is 0.340 e. The predicted molar refractivity (Wildman–Crippen MR) is 125 cm³/mol. The number of piperidine rings is 1. The first-order valence-corrected chi connectivity index (χ1v) is 11.0. The van der Waals surface area contributed by atoms with Crippen LogP contribution < -0.4 is 9.47 Å². The second-order valence-electron chi connectivity index (χ2n) is 7.81. The zero-order chi connectivity index (χ0) is 22.3. The molecular weight excluding hydrogens is 406 g/mol. The zero-order valence-electron chi connectivity index (χ0n) is 18.6. The first kappa shape index (κ1) is 21.9. The molecule has 0 saturated carbocycles. The van der Waals surface area contributed by atoms with Gasteiger partial charge < -0.3 is 19.2 Å². The lowest BCUT2D eigenvalue weighted by molar-refractivity contribution is 0.0603. The fourth-order valence-corrected chi connectivity index (χ4v) is 3.96. The van der Waals surface area contributed by atoms with Crippen molar-refractivity contribution in [1.29, 1.82) is 0 Å². The summed E-state index contributed by atoms with van der Waals surface area (Å²) in [5, 5.41) is 0. The monoisotopic (exact) mass is 435 g/mol. The maximum absolute atomic E-state index is 12.0. The molecule has 1 aliphatic heterocycles. The van der Waals surface area contributed by atoms with Crippen molar-refractivity contribution in [2.24, 2.45) is 0 Å². The average Bonchev–Trinajstić information content (AvgIpc) is 3.26. The number of aromatic nitrogens is 2. The normalized spacial score (nSPS) is 14.7. The van der Waals surface area contributed by atoms with Crippen LogP contribution in [0.2, 0.25) is 0 Å². The third kappa shape index (κ3) is 5.11. The molecule has 2 heterocycles. The highest BCUT2D eigenvalue weighted by molar-refractivity contribution is 6.02. The summed E-state index contributed by atoms with van der Waals surface area (Å²) in [6, 6.07) is 11.2. The molecule has 0 aliphatic carbocycles. The van der Waals surface area contributed by atoms with Crippen LogP contribution in [0.15, 0.2) is 36.4 Å². The number of nitrogens with zero attached hydrogens (tertiary/aromatic N) is 2. The number of fused-ring (bicyclic) bond motifs is 1. The molecule has 0 unspecified atom stereocenters. The van der Waals surface area contributed by atoms with E-state index in [1.54, 1.807) is 19.2 Å². The van der Waals surface area contributed by atoms with Crippen molar-refractivity contribution in [2.45, 2.75) is 19.3 Å². The minimum atomic E-state index is -0.404. The number of hydrogen-bond acceptors (Lipinski definition) is 6. The Morgan fingerprint density at radius 3 is 2.72 bits per heavy atom. The number of carbonyl (C=O) groups excluding carboxylic acids is 1. The van der Waals surface area contributed by atoms with E-state index in [0.717, 1.165) is 36.5 Å². The summed E-state index contributed by atoms with van der Waals surface area (Å²) >= 11 is 0. The van der Waals surface area contributed by atoms with E-state index < -0.39 is 5.97 Å². The van der Waals surface area contributed by atoms with Gasteiger partial charge in [0.15, 0.2) is 11.5 Å². The molecule has 3 aromatic rings. The van der Waals surface area contributed by atoms with Crippen LogP contribution in [0.5, 0.6) is 11.5 Å². The number of rotatable bonds is 8. The van der Waals surface area contributed by atoms with Crippen LogP contribution in [0, 0.1) is 0 Å². The average molecular weight is 436 g/mol. The fraction of sp³-hybridized carbons (Fsp3) is 0.360. The molecular formula is C25H29N3O4. The van der Waals surface area contributed by atoms with Gasteiger partial charge in [0.05, 0.1) is 25.3 Å². The van der Waals surface area contributed by atoms with Crippen LogP contribution in [-0.4, -0.2) is 61.3 Å². The van der Waals surface area contributed by atoms with Gasteiger partial charge in [-0.2, -0.15) is 0 Å². The molecule has 168 valence electrons. The minimum absolute atomic E-state index is 0.404. The number of para-hydroxylation sites is 1. The van der Waals surface area contributed by atoms with Crippen LogP contribution in [0.25, 0.3) is 23.2 Å². The molecule has 1 fully saturated rings. The highest BCUT2D eigenvalue weighted by atomic mass is 16.5. The first-order chi connectivity index (χ1) is 15.7. The van der Waals surface area contributed by atoms with Crippen LogP contribution in [0.4, 0.5) is 0 Å². The highest BCUT2D eigenvalue weighted by Crippen LogP contribution is 2.29. The number of esters is 1. The standard InChI is InChI=1S/C25H29N3O4/c1-30-21-11-9-18(17-22(21)32-16-15-28-13-4-3-5-14-28)10-12-23-26-20-8-6-7-19(24(20)27-23)25(29)31-2/h6-12,17H,3-5,13-16H2,1-2H3,(H,26,27). The van der Waals surface area contributed by atoms with Gasteiger partial charge in [0.1, 0.15) is 17.9 Å². The largest absolute Gasteiger partial charge is 0.493 e. The number of aromatic amines is 1. The van der Waals surface area contributed by atoms with Gasteiger partial charge in [-0.05, 0) is 61.8 Å². The van der Waals surface area contributed by atoms with Gasteiger partial charge in [0.25, 0.3) is 0 Å². The summed E-state index contributed by atoms with van der Waals surface area (Å²) in [6.45, 7) is 3.85. The van der Waals surface area contributed by atoms with Gasteiger partial charge in [-0.1, -0.05) is 24.6 Å². The third-order valence-electron chi connectivity index (χ3n) is 5.67. The lowest BCUT2D eigenvalue weighted by atomic mass is 10.1. The number of carbonyl (C=O) groups is 1. The quantitative estimate of drug-likeness (QED) is 0.529. The van der Waals surface area contributed by atoms with E-state index in [0.29, 0.717) is 29.3 Å². The number of hydrogen-bond donors (Lipinski definition) is 1. The lowest BCUT2D eigenvalue weighted by Gasteiger charge is -2.26. The summed E-state index contributed by atoms with van der Waals surface area (Å²) in [6.07, 6.45) is 7.70. The number of ether oxygens (including phenoxy) is 3. The van der Waals surface area contributed by atoms with E-state index in [1.165, 1.54) is 26.4 Å².